The van der Waals surface area contributed by atoms with Gasteiger partial charge in [-0.2, -0.15) is 0 Å². The highest BCUT2D eigenvalue weighted by atomic mass is 19.4. The Morgan fingerprint density at radius 1 is 0.951 bits per heavy atom. The van der Waals surface area contributed by atoms with Crippen LogP contribution in [0.1, 0.15) is 35.7 Å². The summed E-state index contributed by atoms with van der Waals surface area (Å²) in [4.78, 5) is 38.0. The molecule has 8 nitrogen and oxygen atoms in total. The van der Waals surface area contributed by atoms with Crippen molar-refractivity contribution < 1.29 is 41.8 Å². The second-order valence-corrected chi connectivity index (χ2v) is 9.53. The average molecular weight is 571 g/mol. The lowest BCUT2D eigenvalue weighted by Gasteiger charge is -2.32. The number of hydrogen-bond acceptors (Lipinski definition) is 6. The van der Waals surface area contributed by atoms with Gasteiger partial charge in [0.25, 0.3) is 11.8 Å². The highest BCUT2D eigenvalue weighted by molar-refractivity contribution is 6.09. The van der Waals surface area contributed by atoms with Crippen molar-refractivity contribution in [1.82, 2.24) is 4.90 Å². The lowest BCUT2D eigenvalue weighted by atomic mass is 9.94. The first kappa shape index (κ1) is 29.4. The Labute approximate surface area is 235 Å². The van der Waals surface area contributed by atoms with Crippen molar-refractivity contribution >= 4 is 23.5 Å². The van der Waals surface area contributed by atoms with Crippen molar-refractivity contribution in [1.29, 1.82) is 0 Å². The molecule has 2 amide bonds. The number of ether oxygens (including phenoxy) is 3. The molecule has 1 heterocycles. The van der Waals surface area contributed by atoms with Crippen LogP contribution in [0.15, 0.2) is 66.7 Å². The van der Waals surface area contributed by atoms with Gasteiger partial charge in [0, 0.05) is 50.2 Å². The number of alkyl halides is 3. The van der Waals surface area contributed by atoms with Crippen LogP contribution in [0.2, 0.25) is 0 Å². The number of hydrogen-bond donors (Lipinski definition) is 1. The molecule has 4 rings (SSSR count). The highest BCUT2D eigenvalue weighted by Gasteiger charge is 2.31. The molecule has 1 aliphatic rings. The van der Waals surface area contributed by atoms with Crippen LogP contribution in [0.4, 0.5) is 18.9 Å². The molecule has 1 saturated heterocycles. The van der Waals surface area contributed by atoms with E-state index in [0.29, 0.717) is 54.1 Å². The summed E-state index contributed by atoms with van der Waals surface area (Å²) in [6, 6.07) is 17.5. The monoisotopic (exact) mass is 570 g/mol. The van der Waals surface area contributed by atoms with Crippen LogP contribution in [0.3, 0.4) is 0 Å². The molecule has 3 aromatic carbocycles. The number of halogens is 3. The van der Waals surface area contributed by atoms with Crippen LogP contribution in [0, 0.1) is 6.92 Å². The number of piperidine rings is 1. The molecule has 216 valence electrons. The van der Waals surface area contributed by atoms with Crippen LogP contribution in [-0.4, -0.2) is 54.8 Å². The van der Waals surface area contributed by atoms with Gasteiger partial charge < -0.3 is 24.4 Å². The Hall–Kier alpha value is -4.54. The average Bonchev–Trinajstić information content (AvgIpc) is 2.92. The Kier molecular flexibility index (Phi) is 9.16. The third-order valence-corrected chi connectivity index (χ3v) is 6.48. The zero-order valence-corrected chi connectivity index (χ0v) is 22.5. The second-order valence-electron chi connectivity index (χ2n) is 9.53. The molecule has 3 aromatic rings. The van der Waals surface area contributed by atoms with E-state index in [1.165, 1.54) is 31.2 Å². The molecule has 0 unspecified atom stereocenters. The molecule has 0 bridgehead atoms. The summed E-state index contributed by atoms with van der Waals surface area (Å²) in [5.41, 5.74) is 2.79. The van der Waals surface area contributed by atoms with Crippen molar-refractivity contribution in [2.24, 2.45) is 0 Å². The van der Waals surface area contributed by atoms with E-state index in [-0.39, 0.29) is 24.4 Å². The van der Waals surface area contributed by atoms with Crippen LogP contribution in [-0.2, 0) is 14.3 Å². The van der Waals surface area contributed by atoms with Crippen molar-refractivity contribution in [3.05, 3.63) is 77.9 Å². The van der Waals surface area contributed by atoms with E-state index < -0.39 is 18.2 Å². The Morgan fingerprint density at radius 2 is 1.63 bits per heavy atom. The summed E-state index contributed by atoms with van der Waals surface area (Å²) in [5.74, 6) is -0.939. The minimum Gasteiger partial charge on any atom is -0.490 e. The van der Waals surface area contributed by atoms with E-state index in [1.54, 1.807) is 41.3 Å². The summed E-state index contributed by atoms with van der Waals surface area (Å²) in [6.45, 7) is 3.74. The Morgan fingerprint density at radius 3 is 2.29 bits per heavy atom. The molecule has 1 fully saturated rings. The van der Waals surface area contributed by atoms with Gasteiger partial charge >= 0.3 is 12.3 Å². The maximum atomic E-state index is 13.3. The number of nitrogens with one attached hydrogen (secondary N) is 1. The van der Waals surface area contributed by atoms with Gasteiger partial charge in [-0.3, -0.25) is 14.4 Å². The fourth-order valence-electron chi connectivity index (χ4n) is 4.58. The molecule has 1 N–H and O–H groups in total. The molecular weight excluding hydrogens is 541 g/mol. The highest BCUT2D eigenvalue weighted by Crippen LogP contribution is 2.32. The first-order chi connectivity index (χ1) is 19.5. The van der Waals surface area contributed by atoms with E-state index in [0.717, 1.165) is 5.56 Å². The molecule has 11 heteroatoms. The maximum absolute atomic E-state index is 13.3. The summed E-state index contributed by atoms with van der Waals surface area (Å²) in [6.07, 6.45) is -3.73. The number of aryl methyl sites for hydroxylation is 1. The molecule has 0 spiro atoms. The molecule has 0 radical (unpaired) electrons. The number of amides is 2. The molecule has 0 aromatic heterocycles. The molecule has 0 aliphatic carbocycles. The number of benzene rings is 3. The lowest BCUT2D eigenvalue weighted by molar-refractivity contribution is -0.274. The maximum Gasteiger partial charge on any atom is 0.573 e. The topological polar surface area (TPSA) is 94.2 Å². The van der Waals surface area contributed by atoms with Crippen molar-refractivity contribution in [3.63, 3.8) is 0 Å². The normalized spacial score (nSPS) is 13.8. The molecule has 0 saturated carbocycles. The molecule has 1 aliphatic heterocycles. The minimum atomic E-state index is -4.80. The van der Waals surface area contributed by atoms with Crippen molar-refractivity contribution in [3.8, 4) is 22.6 Å². The van der Waals surface area contributed by atoms with Crippen molar-refractivity contribution in [2.75, 3.05) is 25.0 Å². The Balaban J connectivity index is 1.40. The number of anilines is 1. The number of rotatable bonds is 8. The van der Waals surface area contributed by atoms with Crippen LogP contribution in [0.5, 0.6) is 11.5 Å². The van der Waals surface area contributed by atoms with E-state index in [4.69, 9.17) is 9.47 Å². The van der Waals surface area contributed by atoms with E-state index in [2.05, 4.69) is 10.1 Å². The lowest BCUT2D eigenvalue weighted by Crippen LogP contribution is -2.43. The first-order valence-corrected chi connectivity index (χ1v) is 12.9. The fourth-order valence-corrected chi connectivity index (χ4v) is 4.58. The van der Waals surface area contributed by atoms with E-state index in [9.17, 15) is 27.6 Å². The predicted molar refractivity (Wildman–Crippen MR) is 145 cm³/mol. The minimum absolute atomic E-state index is 0.133. The van der Waals surface area contributed by atoms with Crippen LogP contribution < -0.4 is 14.8 Å². The number of nitrogens with zero attached hydrogens (tertiary/aromatic N) is 1. The van der Waals surface area contributed by atoms with Gasteiger partial charge in [0.1, 0.15) is 17.6 Å². The van der Waals surface area contributed by atoms with Gasteiger partial charge in [0.15, 0.2) is 6.61 Å². The predicted octanol–water partition coefficient (Wildman–Crippen LogP) is 5.75. The van der Waals surface area contributed by atoms with Crippen molar-refractivity contribution in [2.45, 2.75) is 39.2 Å². The van der Waals surface area contributed by atoms with Gasteiger partial charge in [0.05, 0.1) is 0 Å². The van der Waals surface area contributed by atoms with Gasteiger partial charge in [-0.25, -0.2) is 0 Å². The molecular formula is C30H29F3N2O6. The summed E-state index contributed by atoms with van der Waals surface area (Å²) in [5, 5.41) is 2.87. The quantitative estimate of drug-likeness (QED) is 0.347. The molecule has 41 heavy (non-hydrogen) atoms. The van der Waals surface area contributed by atoms with Crippen LogP contribution >= 0.6 is 0 Å². The number of carbonyl (C=O) groups excluding carboxylic acids is 3. The number of esters is 1. The third kappa shape index (κ3) is 8.23. The van der Waals surface area contributed by atoms with Crippen LogP contribution in [0.25, 0.3) is 11.1 Å². The smallest absolute Gasteiger partial charge is 0.490 e. The van der Waals surface area contributed by atoms with Gasteiger partial charge in [-0.05, 0) is 53.9 Å². The number of likely N-dealkylation sites (tertiary alicyclic amines) is 1. The molecule has 0 atom stereocenters. The Bertz CT molecular complexity index is 1400. The van der Waals surface area contributed by atoms with Gasteiger partial charge in [0.2, 0.25) is 0 Å². The summed E-state index contributed by atoms with van der Waals surface area (Å²) >= 11 is 0. The first-order valence-electron chi connectivity index (χ1n) is 12.9. The second kappa shape index (κ2) is 12.8. The van der Waals surface area contributed by atoms with E-state index >= 15 is 0 Å². The largest absolute Gasteiger partial charge is 0.573 e. The third-order valence-electron chi connectivity index (χ3n) is 6.48. The zero-order valence-electron chi connectivity index (χ0n) is 22.5. The number of carbonyl (C=O) groups is 3. The SMILES string of the molecule is CC(=O)OCC(=O)N1CCC(Oc2cccc(NC(=O)c3cccc(C)c3-c3ccc(OC(F)(F)F)cc3)c2)CC1. The van der Waals surface area contributed by atoms with E-state index in [1.807, 2.05) is 13.0 Å². The zero-order chi connectivity index (χ0) is 29.6. The van der Waals surface area contributed by atoms with Gasteiger partial charge in [-0.1, -0.05) is 30.3 Å². The summed E-state index contributed by atoms with van der Waals surface area (Å²) in [7, 11) is 0. The van der Waals surface area contributed by atoms with Gasteiger partial charge in [-0.15, -0.1) is 13.2 Å². The standard InChI is InChI=1S/C30H29F3N2O6/c1-19-5-3-8-26(28(19)21-9-11-24(12-10-21)41-30(31,32)33)29(38)34-22-6-4-7-25(17-22)40-23-13-15-35(16-14-23)27(37)18-39-20(2)36/h3-12,17,23H,13-16,18H2,1-2H3,(H,34,38). The summed E-state index contributed by atoms with van der Waals surface area (Å²) < 4.78 is 52.5. The fraction of sp³-hybridized carbons (Fsp3) is 0.300.